The van der Waals surface area contributed by atoms with Crippen molar-refractivity contribution in [2.75, 3.05) is 13.2 Å². The molecule has 1 aromatic rings. The van der Waals surface area contributed by atoms with Crippen molar-refractivity contribution in [3.05, 3.63) is 35.9 Å². The van der Waals surface area contributed by atoms with Gasteiger partial charge in [0.15, 0.2) is 0 Å². The summed E-state index contributed by atoms with van der Waals surface area (Å²) in [6.07, 6.45) is 0.519. The maximum absolute atomic E-state index is 11.9. The van der Waals surface area contributed by atoms with E-state index in [9.17, 15) is 9.90 Å². The second kappa shape index (κ2) is 8.15. The minimum Gasteiger partial charge on any atom is -0.480 e. The van der Waals surface area contributed by atoms with Gasteiger partial charge in [-0.05, 0) is 24.9 Å². The lowest BCUT2D eigenvalue weighted by atomic mass is 9.86. The normalized spacial score (nSPS) is 15.7. The third-order valence-electron chi connectivity index (χ3n) is 3.91. The first-order chi connectivity index (χ1) is 9.94. The monoisotopic (exact) mass is 293 g/mol. The third-order valence-corrected chi connectivity index (χ3v) is 3.91. The maximum atomic E-state index is 11.9. The molecular formula is C17H27NO3. The highest BCUT2D eigenvalue weighted by atomic mass is 16.5. The molecule has 4 heteroatoms. The van der Waals surface area contributed by atoms with Crippen LogP contribution in [-0.4, -0.2) is 30.3 Å². The molecule has 0 aliphatic rings. The van der Waals surface area contributed by atoms with Crippen molar-refractivity contribution < 1.29 is 14.6 Å². The van der Waals surface area contributed by atoms with E-state index in [-0.39, 0.29) is 6.10 Å². The highest BCUT2D eigenvalue weighted by Gasteiger charge is 2.39. The molecule has 0 spiro atoms. The summed E-state index contributed by atoms with van der Waals surface area (Å²) in [5, 5.41) is 12.9. The van der Waals surface area contributed by atoms with E-state index in [1.807, 2.05) is 44.2 Å². The lowest BCUT2D eigenvalue weighted by Crippen LogP contribution is -2.50. The van der Waals surface area contributed by atoms with Gasteiger partial charge in [-0.15, -0.1) is 0 Å². The van der Waals surface area contributed by atoms with Gasteiger partial charge in [-0.1, -0.05) is 51.1 Å². The maximum Gasteiger partial charge on any atom is 0.328 e. The molecule has 0 aliphatic carbocycles. The van der Waals surface area contributed by atoms with Crippen LogP contribution >= 0.6 is 0 Å². The molecule has 0 saturated carbocycles. The van der Waals surface area contributed by atoms with E-state index in [0.717, 1.165) is 5.56 Å². The van der Waals surface area contributed by atoms with Crippen LogP contribution < -0.4 is 5.32 Å². The minimum atomic E-state index is -1.09. The fraction of sp³-hybridized carbons (Fsp3) is 0.588. The van der Waals surface area contributed by atoms with Crippen molar-refractivity contribution >= 4 is 5.97 Å². The smallest absolute Gasteiger partial charge is 0.328 e. The lowest BCUT2D eigenvalue weighted by Gasteiger charge is -2.31. The van der Waals surface area contributed by atoms with Crippen LogP contribution in [0.2, 0.25) is 0 Å². The molecule has 2 unspecified atom stereocenters. The topological polar surface area (TPSA) is 58.6 Å². The van der Waals surface area contributed by atoms with Crippen LogP contribution in [0.25, 0.3) is 0 Å². The number of ether oxygens (including phenoxy) is 1. The molecule has 1 aromatic carbocycles. The number of carbonyl (C=O) groups is 1. The standard InChI is InChI=1S/C17H27NO3/c1-5-18-17(16(19)20,15-9-7-6-8-10-15)11-12-21-14(4)13(2)3/h6-10,13-14,18H,5,11-12H2,1-4H3,(H,19,20). The Bertz CT molecular complexity index is 433. The van der Waals surface area contributed by atoms with E-state index in [1.54, 1.807) is 0 Å². The van der Waals surface area contributed by atoms with E-state index < -0.39 is 11.5 Å². The van der Waals surface area contributed by atoms with Crippen LogP contribution in [0.3, 0.4) is 0 Å². The van der Waals surface area contributed by atoms with Gasteiger partial charge in [-0.25, -0.2) is 4.79 Å². The number of likely N-dealkylation sites (N-methyl/N-ethyl adjacent to an activating group) is 1. The number of nitrogens with one attached hydrogen (secondary N) is 1. The quantitative estimate of drug-likeness (QED) is 0.735. The first-order valence-electron chi connectivity index (χ1n) is 7.59. The van der Waals surface area contributed by atoms with Gasteiger partial charge in [0.05, 0.1) is 6.10 Å². The lowest BCUT2D eigenvalue weighted by molar-refractivity contribution is -0.146. The molecule has 2 atom stereocenters. The van der Waals surface area contributed by atoms with Crippen molar-refractivity contribution in [3.8, 4) is 0 Å². The average molecular weight is 293 g/mol. The van der Waals surface area contributed by atoms with E-state index in [1.165, 1.54) is 0 Å². The van der Waals surface area contributed by atoms with Crippen molar-refractivity contribution in [2.24, 2.45) is 5.92 Å². The minimum absolute atomic E-state index is 0.119. The number of rotatable bonds is 9. The molecule has 0 aromatic heterocycles. The zero-order valence-electron chi connectivity index (χ0n) is 13.4. The van der Waals surface area contributed by atoms with Crippen LogP contribution in [0, 0.1) is 5.92 Å². The zero-order valence-corrected chi connectivity index (χ0v) is 13.4. The molecule has 2 N–H and O–H groups in total. The molecule has 0 heterocycles. The number of hydrogen-bond acceptors (Lipinski definition) is 3. The van der Waals surface area contributed by atoms with Gasteiger partial charge in [0.25, 0.3) is 0 Å². The molecular weight excluding hydrogens is 266 g/mol. The molecule has 0 radical (unpaired) electrons. The summed E-state index contributed by atoms with van der Waals surface area (Å²) < 4.78 is 5.77. The van der Waals surface area contributed by atoms with Gasteiger partial charge in [-0.2, -0.15) is 0 Å². The number of hydrogen-bond donors (Lipinski definition) is 2. The number of benzene rings is 1. The highest BCUT2D eigenvalue weighted by molar-refractivity contribution is 5.80. The van der Waals surface area contributed by atoms with Crippen LogP contribution in [0.1, 0.15) is 39.7 Å². The summed E-state index contributed by atoms with van der Waals surface area (Å²) in [6.45, 7) is 9.11. The number of carboxylic acid groups (broad SMARTS) is 1. The molecule has 0 saturated heterocycles. The Balaban J connectivity index is 2.90. The molecule has 21 heavy (non-hydrogen) atoms. The van der Waals surface area contributed by atoms with Gasteiger partial charge >= 0.3 is 5.97 Å². The SMILES string of the molecule is CCNC(CCOC(C)C(C)C)(C(=O)O)c1ccccc1. The predicted molar refractivity (Wildman–Crippen MR) is 84.3 cm³/mol. The predicted octanol–water partition coefficient (Wildman–Crippen LogP) is 3.03. The van der Waals surface area contributed by atoms with Crippen molar-refractivity contribution in [1.82, 2.24) is 5.32 Å². The van der Waals surface area contributed by atoms with E-state index in [4.69, 9.17) is 4.74 Å². The third kappa shape index (κ3) is 4.55. The molecule has 1 rings (SSSR count). The van der Waals surface area contributed by atoms with Gasteiger partial charge < -0.3 is 9.84 Å². The van der Waals surface area contributed by atoms with Crippen LogP contribution in [-0.2, 0) is 15.1 Å². The zero-order chi connectivity index (χ0) is 15.9. The summed E-state index contributed by atoms with van der Waals surface area (Å²) in [7, 11) is 0. The highest BCUT2D eigenvalue weighted by Crippen LogP contribution is 2.26. The van der Waals surface area contributed by atoms with E-state index in [0.29, 0.717) is 25.5 Å². The van der Waals surface area contributed by atoms with Gasteiger partial charge in [0.1, 0.15) is 5.54 Å². The van der Waals surface area contributed by atoms with Gasteiger partial charge in [0, 0.05) is 13.0 Å². The van der Waals surface area contributed by atoms with Crippen LogP contribution in [0.5, 0.6) is 0 Å². The Morgan fingerprint density at radius 1 is 1.29 bits per heavy atom. The molecule has 0 aliphatic heterocycles. The molecule has 0 bridgehead atoms. The average Bonchev–Trinajstić information content (AvgIpc) is 2.46. The molecule has 0 amide bonds. The Kier molecular flexibility index (Phi) is 6.85. The largest absolute Gasteiger partial charge is 0.480 e. The Morgan fingerprint density at radius 2 is 1.90 bits per heavy atom. The second-order valence-electron chi connectivity index (χ2n) is 5.68. The summed E-state index contributed by atoms with van der Waals surface area (Å²) in [5.41, 5.74) is -0.327. The van der Waals surface area contributed by atoms with Crippen molar-refractivity contribution in [1.29, 1.82) is 0 Å². The number of carboxylic acids is 1. The Hall–Kier alpha value is -1.39. The van der Waals surface area contributed by atoms with Crippen LogP contribution in [0.4, 0.5) is 0 Å². The summed E-state index contributed by atoms with van der Waals surface area (Å²) in [6, 6.07) is 9.31. The summed E-state index contributed by atoms with van der Waals surface area (Å²) in [4.78, 5) is 11.9. The van der Waals surface area contributed by atoms with E-state index >= 15 is 0 Å². The Labute approximate surface area is 127 Å². The fourth-order valence-electron chi connectivity index (χ4n) is 2.26. The molecule has 4 nitrogen and oxygen atoms in total. The summed E-state index contributed by atoms with van der Waals surface area (Å²) in [5.74, 6) is -0.448. The Morgan fingerprint density at radius 3 is 2.38 bits per heavy atom. The fourth-order valence-corrected chi connectivity index (χ4v) is 2.26. The number of aliphatic carboxylic acids is 1. The molecule has 0 fully saturated rings. The van der Waals surface area contributed by atoms with Gasteiger partial charge in [0.2, 0.25) is 0 Å². The van der Waals surface area contributed by atoms with Crippen molar-refractivity contribution in [3.63, 3.8) is 0 Å². The molecule has 118 valence electrons. The first-order valence-corrected chi connectivity index (χ1v) is 7.59. The van der Waals surface area contributed by atoms with Crippen molar-refractivity contribution in [2.45, 2.75) is 45.8 Å². The van der Waals surface area contributed by atoms with Gasteiger partial charge in [-0.3, -0.25) is 5.32 Å². The van der Waals surface area contributed by atoms with E-state index in [2.05, 4.69) is 19.2 Å². The second-order valence-corrected chi connectivity index (χ2v) is 5.68. The summed E-state index contributed by atoms with van der Waals surface area (Å²) >= 11 is 0. The first kappa shape index (κ1) is 17.7. The van der Waals surface area contributed by atoms with Crippen LogP contribution in [0.15, 0.2) is 30.3 Å².